The van der Waals surface area contributed by atoms with Gasteiger partial charge in [-0.1, -0.05) is 23.7 Å². The molecule has 0 amide bonds. The Labute approximate surface area is 143 Å². The van der Waals surface area contributed by atoms with Crippen molar-refractivity contribution in [2.45, 2.75) is 9.79 Å². The van der Waals surface area contributed by atoms with Crippen molar-refractivity contribution in [3.05, 3.63) is 77.6 Å². The van der Waals surface area contributed by atoms with Gasteiger partial charge in [-0.25, -0.2) is 12.8 Å². The lowest BCUT2D eigenvalue weighted by molar-refractivity contribution is 0.477. The number of rotatable bonds is 3. The molecule has 0 atom stereocenters. The van der Waals surface area contributed by atoms with Gasteiger partial charge in [-0.15, -0.1) is 0 Å². The maximum absolute atomic E-state index is 13.0. The Kier molecular flexibility index (Phi) is 4.30. The molecule has 0 saturated heterocycles. The number of hydrogen-bond acceptors (Lipinski definition) is 3. The van der Waals surface area contributed by atoms with Crippen LogP contribution < -0.4 is 0 Å². The maximum atomic E-state index is 13.0. The van der Waals surface area contributed by atoms with E-state index in [9.17, 15) is 17.9 Å². The number of halogens is 2. The van der Waals surface area contributed by atoms with Crippen molar-refractivity contribution in [1.29, 1.82) is 0 Å². The third-order valence-electron chi connectivity index (χ3n) is 3.56. The maximum Gasteiger partial charge on any atom is 0.206 e. The number of phenols is 1. The summed E-state index contributed by atoms with van der Waals surface area (Å²) in [7, 11) is -3.73. The Morgan fingerprint density at radius 1 is 0.833 bits per heavy atom. The van der Waals surface area contributed by atoms with Crippen molar-refractivity contribution in [2.24, 2.45) is 0 Å². The van der Waals surface area contributed by atoms with Crippen LogP contribution in [0.5, 0.6) is 5.75 Å². The Morgan fingerprint density at radius 3 is 1.96 bits per heavy atom. The molecule has 0 aliphatic rings. The van der Waals surface area contributed by atoms with E-state index in [2.05, 4.69) is 0 Å². The standard InChI is InChI=1S/C18H12ClFO3S/c19-13-3-10-18(21)17(11-13)12-1-6-15(7-2-12)24(22,23)16-8-4-14(20)5-9-16/h1-11,21H. The van der Waals surface area contributed by atoms with Crippen molar-refractivity contribution in [1.82, 2.24) is 0 Å². The molecular weight excluding hydrogens is 351 g/mol. The molecule has 0 aliphatic heterocycles. The summed E-state index contributed by atoms with van der Waals surface area (Å²) in [5.74, 6) is -0.450. The largest absolute Gasteiger partial charge is 0.507 e. The first-order chi connectivity index (χ1) is 11.4. The molecule has 3 nitrogen and oxygen atoms in total. The Hall–Kier alpha value is -2.37. The Morgan fingerprint density at radius 2 is 1.38 bits per heavy atom. The minimum atomic E-state index is -3.73. The van der Waals surface area contributed by atoms with Crippen LogP contribution in [0.3, 0.4) is 0 Å². The van der Waals surface area contributed by atoms with Crippen LogP contribution in [0.15, 0.2) is 76.5 Å². The lowest BCUT2D eigenvalue weighted by Gasteiger charge is -2.08. The summed E-state index contributed by atoms with van der Waals surface area (Å²) in [5, 5.41) is 10.4. The van der Waals surface area contributed by atoms with Crippen molar-refractivity contribution in [3.8, 4) is 16.9 Å². The monoisotopic (exact) mass is 362 g/mol. The molecule has 0 saturated carbocycles. The summed E-state index contributed by atoms with van der Waals surface area (Å²) in [5.41, 5.74) is 1.14. The molecule has 3 aromatic rings. The van der Waals surface area contributed by atoms with Crippen molar-refractivity contribution >= 4 is 21.4 Å². The molecule has 0 aliphatic carbocycles. The highest BCUT2D eigenvalue weighted by Crippen LogP contribution is 2.32. The highest BCUT2D eigenvalue weighted by atomic mass is 35.5. The van der Waals surface area contributed by atoms with Crippen LogP contribution in [0.1, 0.15) is 0 Å². The summed E-state index contributed by atoms with van der Waals surface area (Å²) in [6, 6.07) is 15.3. The van der Waals surface area contributed by atoms with Crippen LogP contribution in [-0.4, -0.2) is 13.5 Å². The van der Waals surface area contributed by atoms with Gasteiger partial charge >= 0.3 is 0 Å². The van der Waals surface area contributed by atoms with Gasteiger partial charge in [-0.2, -0.15) is 0 Å². The van der Waals surface area contributed by atoms with Crippen molar-refractivity contribution in [3.63, 3.8) is 0 Å². The predicted molar refractivity (Wildman–Crippen MR) is 90.4 cm³/mol. The highest BCUT2D eigenvalue weighted by Gasteiger charge is 2.18. The van der Waals surface area contributed by atoms with Gasteiger partial charge in [0.2, 0.25) is 9.84 Å². The van der Waals surface area contributed by atoms with Gasteiger partial charge < -0.3 is 5.11 Å². The van der Waals surface area contributed by atoms with E-state index in [4.69, 9.17) is 11.6 Å². The van der Waals surface area contributed by atoms with Gasteiger partial charge in [0.1, 0.15) is 11.6 Å². The summed E-state index contributed by atoms with van der Waals surface area (Å²) in [4.78, 5) is 0.0987. The average Bonchev–Trinajstić information content (AvgIpc) is 2.57. The van der Waals surface area contributed by atoms with E-state index >= 15 is 0 Å². The molecule has 1 N–H and O–H groups in total. The van der Waals surface area contributed by atoms with Gasteiger partial charge in [0.15, 0.2) is 0 Å². The van der Waals surface area contributed by atoms with Crippen molar-refractivity contribution < 1.29 is 17.9 Å². The minimum absolute atomic E-state index is 0.0160. The fraction of sp³-hybridized carbons (Fsp3) is 0. The van der Waals surface area contributed by atoms with Gasteiger partial charge in [-0.05, 0) is 60.2 Å². The zero-order valence-corrected chi connectivity index (χ0v) is 13.9. The second-order valence-electron chi connectivity index (χ2n) is 5.14. The van der Waals surface area contributed by atoms with E-state index in [1.165, 1.54) is 30.3 Å². The molecule has 0 aromatic heterocycles. The molecule has 0 heterocycles. The van der Waals surface area contributed by atoms with Gasteiger partial charge in [0, 0.05) is 10.6 Å². The van der Waals surface area contributed by atoms with Gasteiger partial charge in [0.25, 0.3) is 0 Å². The van der Waals surface area contributed by atoms with Gasteiger partial charge in [0.05, 0.1) is 9.79 Å². The molecule has 0 unspecified atom stereocenters. The van der Waals surface area contributed by atoms with Crippen LogP contribution in [-0.2, 0) is 9.84 Å². The smallest absolute Gasteiger partial charge is 0.206 e. The quantitative estimate of drug-likeness (QED) is 0.688. The molecular formula is C18H12ClFO3S. The Balaban J connectivity index is 2.00. The lowest BCUT2D eigenvalue weighted by atomic mass is 10.1. The minimum Gasteiger partial charge on any atom is -0.507 e. The van der Waals surface area contributed by atoms with Crippen molar-refractivity contribution in [2.75, 3.05) is 0 Å². The summed E-state index contributed by atoms with van der Waals surface area (Å²) in [6.07, 6.45) is 0. The normalized spacial score (nSPS) is 11.4. The number of sulfone groups is 1. The van der Waals surface area contributed by atoms with E-state index < -0.39 is 15.7 Å². The SMILES string of the molecule is O=S(=O)(c1ccc(F)cc1)c1ccc(-c2cc(Cl)ccc2O)cc1. The first-order valence-corrected chi connectivity index (χ1v) is 8.84. The van der Waals surface area contributed by atoms with E-state index in [0.717, 1.165) is 12.1 Å². The van der Waals surface area contributed by atoms with Crippen LogP contribution in [0.25, 0.3) is 11.1 Å². The van der Waals surface area contributed by atoms with E-state index in [1.807, 2.05) is 0 Å². The molecule has 0 radical (unpaired) electrons. The Bertz CT molecular complexity index is 982. The zero-order valence-electron chi connectivity index (χ0n) is 12.3. The molecule has 3 rings (SSSR count). The average molecular weight is 363 g/mol. The fourth-order valence-corrected chi connectivity index (χ4v) is 3.74. The van der Waals surface area contributed by atoms with E-state index in [1.54, 1.807) is 24.3 Å². The van der Waals surface area contributed by atoms with Crippen LogP contribution >= 0.6 is 11.6 Å². The first kappa shape index (κ1) is 16.5. The van der Waals surface area contributed by atoms with Crippen LogP contribution in [0, 0.1) is 5.82 Å². The van der Waals surface area contributed by atoms with Gasteiger partial charge in [-0.3, -0.25) is 0 Å². The topological polar surface area (TPSA) is 54.4 Å². The zero-order chi connectivity index (χ0) is 17.3. The highest BCUT2D eigenvalue weighted by molar-refractivity contribution is 7.91. The molecule has 0 bridgehead atoms. The van der Waals surface area contributed by atoms with E-state index in [0.29, 0.717) is 16.1 Å². The van der Waals surface area contributed by atoms with E-state index in [-0.39, 0.29) is 15.5 Å². The third-order valence-corrected chi connectivity index (χ3v) is 5.58. The molecule has 6 heteroatoms. The summed E-state index contributed by atoms with van der Waals surface area (Å²) in [6.45, 7) is 0. The third kappa shape index (κ3) is 3.13. The first-order valence-electron chi connectivity index (χ1n) is 6.97. The van der Waals surface area contributed by atoms with Crippen LogP contribution in [0.2, 0.25) is 5.02 Å². The van der Waals surface area contributed by atoms with Crippen LogP contribution in [0.4, 0.5) is 4.39 Å². The molecule has 0 spiro atoms. The lowest BCUT2D eigenvalue weighted by Crippen LogP contribution is -2.01. The number of hydrogen-bond donors (Lipinski definition) is 1. The summed E-state index contributed by atoms with van der Waals surface area (Å²) < 4.78 is 38.0. The number of aromatic hydroxyl groups is 1. The summed E-state index contributed by atoms with van der Waals surface area (Å²) >= 11 is 5.93. The molecule has 0 fully saturated rings. The molecule has 24 heavy (non-hydrogen) atoms. The molecule has 3 aromatic carbocycles. The predicted octanol–water partition coefficient (Wildman–Crippen LogP) is 4.68. The second kappa shape index (κ2) is 6.26. The molecule has 122 valence electrons. The fourth-order valence-electron chi connectivity index (χ4n) is 2.30. The number of phenolic OH excluding ortho intramolecular Hbond substituents is 1. The number of benzene rings is 3. The second-order valence-corrected chi connectivity index (χ2v) is 7.53.